The summed E-state index contributed by atoms with van der Waals surface area (Å²) in [6.45, 7) is 1.29. The minimum Gasteiger partial charge on any atom is -0.504 e. The van der Waals surface area contributed by atoms with Gasteiger partial charge in [-0.3, -0.25) is 9.36 Å². The second-order valence-corrected chi connectivity index (χ2v) is 10.3. The van der Waals surface area contributed by atoms with Crippen molar-refractivity contribution in [2.75, 3.05) is 13.7 Å². The Labute approximate surface area is 230 Å². The molecular formula is C24H17ClF3IN2O5S. The molecular weight excluding hydrogens is 648 g/mol. The highest BCUT2D eigenvalue weighted by atomic mass is 127. The number of fused-ring (bicyclic) bond motifs is 1. The number of aromatic nitrogens is 1. The minimum atomic E-state index is -5.00. The lowest BCUT2D eigenvalue weighted by Gasteiger charge is -2.26. The number of ether oxygens (including phenoxy) is 2. The zero-order chi connectivity index (χ0) is 27.1. The molecule has 0 spiro atoms. The summed E-state index contributed by atoms with van der Waals surface area (Å²) in [4.78, 5) is 29.9. The number of halogens is 5. The number of thiazole rings is 1. The third-order valence-electron chi connectivity index (χ3n) is 5.35. The molecule has 0 bridgehead atoms. The monoisotopic (exact) mass is 664 g/mol. The van der Waals surface area contributed by atoms with Crippen molar-refractivity contribution < 1.29 is 32.5 Å². The van der Waals surface area contributed by atoms with Gasteiger partial charge in [-0.05, 0) is 71.0 Å². The molecule has 1 N–H and O–H groups in total. The molecule has 1 aliphatic rings. The molecule has 1 aliphatic heterocycles. The largest absolute Gasteiger partial charge is 0.504 e. The van der Waals surface area contributed by atoms with Gasteiger partial charge in [0.25, 0.3) is 5.56 Å². The first-order chi connectivity index (χ1) is 17.5. The summed E-state index contributed by atoms with van der Waals surface area (Å²) in [5, 5.41) is 10.4. The first-order valence-electron chi connectivity index (χ1n) is 10.6. The lowest BCUT2D eigenvalue weighted by atomic mass is 9.95. The molecule has 13 heteroatoms. The SMILES string of the molecule is CCOC(=O)C1=C(C(F)(F)F)N=c2s/c(=C\c3cc(I)c(O)c(OC)c3)c(=O)n2[C@@H]1c1ccc(Cl)cc1. The Hall–Kier alpha value is -2.84. The molecule has 3 aromatic rings. The number of alkyl halides is 3. The summed E-state index contributed by atoms with van der Waals surface area (Å²) in [6.07, 6.45) is -3.55. The van der Waals surface area contributed by atoms with Gasteiger partial charge < -0.3 is 14.6 Å². The van der Waals surface area contributed by atoms with Crippen LogP contribution in [0.5, 0.6) is 11.5 Å². The van der Waals surface area contributed by atoms with Crippen molar-refractivity contribution >= 4 is 57.6 Å². The van der Waals surface area contributed by atoms with Gasteiger partial charge in [0.2, 0.25) is 0 Å². The van der Waals surface area contributed by atoms with E-state index in [0.29, 0.717) is 14.2 Å². The zero-order valence-electron chi connectivity index (χ0n) is 19.1. The number of rotatable bonds is 5. The Kier molecular flexibility index (Phi) is 7.72. The minimum absolute atomic E-state index is 0.0629. The van der Waals surface area contributed by atoms with E-state index in [9.17, 15) is 27.9 Å². The van der Waals surface area contributed by atoms with E-state index in [0.717, 1.165) is 15.9 Å². The fraction of sp³-hybridized carbons (Fsp3) is 0.208. The van der Waals surface area contributed by atoms with E-state index in [4.69, 9.17) is 21.1 Å². The molecule has 2 aromatic carbocycles. The Morgan fingerprint density at radius 1 is 1.30 bits per heavy atom. The fourth-order valence-corrected chi connectivity index (χ4v) is 5.54. The van der Waals surface area contributed by atoms with Crippen LogP contribution in [0, 0.1) is 3.57 Å². The molecule has 0 amide bonds. The van der Waals surface area contributed by atoms with E-state index in [2.05, 4.69) is 4.99 Å². The molecule has 7 nitrogen and oxygen atoms in total. The Bertz CT molecular complexity index is 1600. The van der Waals surface area contributed by atoms with Crippen molar-refractivity contribution in [1.82, 2.24) is 4.57 Å². The number of phenols is 1. The first kappa shape index (κ1) is 27.2. The quantitative estimate of drug-likeness (QED) is 0.325. The number of benzene rings is 2. The summed E-state index contributed by atoms with van der Waals surface area (Å²) in [6, 6.07) is 7.39. The summed E-state index contributed by atoms with van der Waals surface area (Å²) in [7, 11) is 1.37. The Morgan fingerprint density at radius 3 is 2.57 bits per heavy atom. The van der Waals surface area contributed by atoms with E-state index in [1.54, 1.807) is 6.07 Å². The van der Waals surface area contributed by atoms with Crippen molar-refractivity contribution in [3.8, 4) is 11.5 Å². The predicted octanol–water partition coefficient (Wildman–Crippen LogP) is 4.31. The molecule has 0 aliphatic carbocycles. The second-order valence-electron chi connectivity index (χ2n) is 7.67. The van der Waals surface area contributed by atoms with Crippen LogP contribution in [0.2, 0.25) is 5.02 Å². The number of carbonyl (C=O) groups excluding carboxylic acids is 1. The zero-order valence-corrected chi connectivity index (χ0v) is 22.8. The number of aromatic hydroxyl groups is 1. The van der Waals surface area contributed by atoms with Crippen LogP contribution in [0.4, 0.5) is 13.2 Å². The summed E-state index contributed by atoms with van der Waals surface area (Å²) in [5.41, 5.74) is -2.20. The van der Waals surface area contributed by atoms with Crippen LogP contribution in [-0.4, -0.2) is 35.5 Å². The van der Waals surface area contributed by atoms with Gasteiger partial charge in [-0.25, -0.2) is 9.79 Å². The number of nitrogens with zero attached hydrogens (tertiary/aromatic N) is 2. The van der Waals surface area contributed by atoms with Crippen LogP contribution < -0.4 is 19.6 Å². The molecule has 0 saturated carbocycles. The summed E-state index contributed by atoms with van der Waals surface area (Å²) in [5.74, 6) is -1.15. The third kappa shape index (κ3) is 5.27. The topological polar surface area (TPSA) is 90.1 Å². The van der Waals surface area contributed by atoms with E-state index in [-0.39, 0.29) is 33.0 Å². The van der Waals surface area contributed by atoms with Gasteiger partial charge in [0.1, 0.15) is 0 Å². The Balaban J connectivity index is 2.04. The molecule has 1 aromatic heterocycles. The Morgan fingerprint density at radius 2 is 1.97 bits per heavy atom. The number of hydrogen-bond donors (Lipinski definition) is 1. The van der Waals surface area contributed by atoms with E-state index < -0.39 is 35.0 Å². The molecule has 0 fully saturated rings. The van der Waals surface area contributed by atoms with Crippen molar-refractivity contribution in [2.24, 2.45) is 4.99 Å². The average molecular weight is 665 g/mol. The summed E-state index contributed by atoms with van der Waals surface area (Å²) < 4.78 is 54.1. The summed E-state index contributed by atoms with van der Waals surface area (Å²) >= 11 is 8.60. The van der Waals surface area contributed by atoms with Crippen LogP contribution in [0.25, 0.3) is 6.08 Å². The van der Waals surface area contributed by atoms with Gasteiger partial charge in [0, 0.05) is 5.02 Å². The molecule has 1 atom stereocenters. The lowest BCUT2D eigenvalue weighted by Crippen LogP contribution is -2.41. The fourth-order valence-electron chi connectivity index (χ4n) is 3.78. The number of phenolic OH excluding ortho intramolecular Hbond substituents is 1. The van der Waals surface area contributed by atoms with Gasteiger partial charge in [-0.1, -0.05) is 35.1 Å². The molecule has 37 heavy (non-hydrogen) atoms. The standard InChI is InChI=1S/C24H17ClF3IN2O5S/c1-3-36-22(34)17-18(12-4-6-13(25)7-5-12)31-21(33)16(37-23(31)30-20(17)24(26,27)28)10-11-8-14(29)19(32)15(9-11)35-2/h4-10,18,32H,3H2,1-2H3/b16-10-/t18-/m1/s1. The van der Waals surface area contributed by atoms with Crippen LogP contribution in [0.1, 0.15) is 24.1 Å². The predicted molar refractivity (Wildman–Crippen MR) is 140 cm³/mol. The molecule has 0 radical (unpaired) electrons. The lowest BCUT2D eigenvalue weighted by molar-refractivity contribution is -0.140. The molecule has 4 rings (SSSR count). The molecule has 194 valence electrons. The highest BCUT2D eigenvalue weighted by Gasteiger charge is 2.45. The van der Waals surface area contributed by atoms with Crippen molar-refractivity contribution in [2.45, 2.75) is 19.1 Å². The van der Waals surface area contributed by atoms with Crippen LogP contribution in [0.3, 0.4) is 0 Å². The van der Waals surface area contributed by atoms with Crippen LogP contribution in [0.15, 0.2) is 57.5 Å². The van der Waals surface area contributed by atoms with E-state index in [1.807, 2.05) is 22.6 Å². The van der Waals surface area contributed by atoms with Gasteiger partial charge in [0.15, 0.2) is 22.0 Å². The van der Waals surface area contributed by atoms with Crippen molar-refractivity contribution in [1.29, 1.82) is 0 Å². The third-order valence-corrected chi connectivity index (χ3v) is 7.41. The number of hydrogen-bond acceptors (Lipinski definition) is 7. The average Bonchev–Trinajstić information content (AvgIpc) is 3.15. The van der Waals surface area contributed by atoms with Gasteiger partial charge in [-0.2, -0.15) is 13.2 Å². The smallest absolute Gasteiger partial charge is 0.434 e. The van der Waals surface area contributed by atoms with Crippen LogP contribution >= 0.6 is 45.5 Å². The maximum absolute atomic E-state index is 14.1. The normalized spacial score (nSPS) is 15.9. The van der Waals surface area contributed by atoms with E-state index >= 15 is 0 Å². The molecule has 2 heterocycles. The van der Waals surface area contributed by atoms with Gasteiger partial charge in [0.05, 0.1) is 33.4 Å². The van der Waals surface area contributed by atoms with Gasteiger partial charge in [-0.15, -0.1) is 0 Å². The maximum Gasteiger partial charge on any atom is 0.434 e. The van der Waals surface area contributed by atoms with E-state index in [1.165, 1.54) is 50.4 Å². The van der Waals surface area contributed by atoms with Crippen molar-refractivity contribution in [3.63, 3.8) is 0 Å². The number of esters is 1. The highest BCUT2D eigenvalue weighted by molar-refractivity contribution is 14.1. The number of carbonyl (C=O) groups is 1. The van der Waals surface area contributed by atoms with Gasteiger partial charge >= 0.3 is 12.1 Å². The second kappa shape index (κ2) is 10.5. The van der Waals surface area contributed by atoms with Crippen LogP contribution in [-0.2, 0) is 9.53 Å². The highest BCUT2D eigenvalue weighted by Crippen LogP contribution is 2.38. The molecule has 0 unspecified atom stereocenters. The number of methoxy groups -OCH3 is 1. The van der Waals surface area contributed by atoms with Crippen molar-refractivity contribution in [3.05, 3.63) is 87.1 Å². The maximum atomic E-state index is 14.1. The first-order valence-corrected chi connectivity index (χ1v) is 12.9. The molecule has 0 saturated heterocycles. The number of allylic oxidation sites excluding steroid dienone is 1.